The van der Waals surface area contributed by atoms with E-state index in [1.165, 1.54) is 12.1 Å². The fourth-order valence-electron chi connectivity index (χ4n) is 2.88. The van der Waals surface area contributed by atoms with Crippen LogP contribution in [0.5, 0.6) is 0 Å². The van der Waals surface area contributed by atoms with Gasteiger partial charge in [0.25, 0.3) is 0 Å². The number of carbonyl (C=O) groups is 1. The molecule has 2 heterocycles. The molecule has 0 aliphatic carbocycles. The summed E-state index contributed by atoms with van der Waals surface area (Å²) in [6.07, 6.45) is -3.00. The lowest BCUT2D eigenvalue weighted by Gasteiger charge is -2.09. The summed E-state index contributed by atoms with van der Waals surface area (Å²) in [5.74, 6) is -2.41. The number of halogens is 4. The summed E-state index contributed by atoms with van der Waals surface area (Å²) in [5, 5.41) is 22.4. The number of aliphatic carboxylic acids is 1. The van der Waals surface area contributed by atoms with E-state index in [1.54, 1.807) is 0 Å². The van der Waals surface area contributed by atoms with E-state index < -0.39 is 40.3 Å². The van der Waals surface area contributed by atoms with Gasteiger partial charge in [0.05, 0.1) is 5.56 Å². The summed E-state index contributed by atoms with van der Waals surface area (Å²) >= 11 is 0. The third-order valence-electron chi connectivity index (χ3n) is 4.33. The van der Waals surface area contributed by atoms with Crippen molar-refractivity contribution < 1.29 is 28.2 Å². The zero-order valence-corrected chi connectivity index (χ0v) is 15.9. The number of nitrogens with zero attached hydrogens (tertiary/aromatic N) is 3. The zero-order chi connectivity index (χ0) is 21.3. The molecule has 0 fully saturated rings. The Morgan fingerprint density at radius 1 is 1.20 bits per heavy atom. The molecule has 2 aromatic heterocycles. The van der Waals surface area contributed by atoms with E-state index in [-0.39, 0.29) is 30.9 Å². The molecule has 0 aliphatic heterocycles. The van der Waals surface area contributed by atoms with Crippen LogP contribution in [-0.4, -0.2) is 36.8 Å². The Bertz CT molecular complexity index is 1200. The molecule has 0 amide bonds. The number of nitrogens with two attached hydrogens (primary N) is 1. The second-order valence-corrected chi connectivity index (χ2v) is 6.28. The van der Waals surface area contributed by atoms with E-state index >= 15 is 0 Å². The van der Waals surface area contributed by atoms with Crippen molar-refractivity contribution in [3.63, 3.8) is 0 Å². The molecule has 1 unspecified atom stereocenters. The molecule has 1 atom stereocenters. The SMILES string of the molecule is Cl.NC(C(=O)O)C(O)=c1c(=O)cc(CCc2cccc(C(F)(F)F)c2)c2ncnn12. The maximum absolute atomic E-state index is 12.9. The summed E-state index contributed by atoms with van der Waals surface area (Å²) in [7, 11) is 0. The van der Waals surface area contributed by atoms with Gasteiger partial charge in [-0.1, -0.05) is 18.2 Å². The zero-order valence-electron chi connectivity index (χ0n) is 15.1. The average Bonchev–Trinajstić information content (AvgIpc) is 3.14. The first-order valence-corrected chi connectivity index (χ1v) is 8.33. The minimum atomic E-state index is -4.46. The molecule has 0 saturated heterocycles. The lowest BCUT2D eigenvalue weighted by Crippen LogP contribution is -2.42. The van der Waals surface area contributed by atoms with Crippen LogP contribution in [0, 0.1) is 0 Å². The lowest BCUT2D eigenvalue weighted by atomic mass is 10.0. The summed E-state index contributed by atoms with van der Waals surface area (Å²) < 4.78 is 39.5. The van der Waals surface area contributed by atoms with Crippen molar-refractivity contribution in [2.24, 2.45) is 5.73 Å². The van der Waals surface area contributed by atoms with Gasteiger partial charge < -0.3 is 15.9 Å². The highest BCUT2D eigenvalue weighted by Crippen LogP contribution is 2.29. The topological polar surface area (TPSA) is 131 Å². The molecule has 4 N–H and O–H groups in total. The van der Waals surface area contributed by atoms with Crippen LogP contribution in [0.3, 0.4) is 0 Å². The number of hydrogen-bond acceptors (Lipinski definition) is 6. The highest BCUT2D eigenvalue weighted by Gasteiger charge is 2.30. The van der Waals surface area contributed by atoms with Gasteiger partial charge in [0.15, 0.2) is 22.8 Å². The van der Waals surface area contributed by atoms with Gasteiger partial charge in [0.1, 0.15) is 6.33 Å². The summed E-state index contributed by atoms with van der Waals surface area (Å²) in [6, 6.07) is 4.14. The minimum Gasteiger partial charge on any atom is -0.508 e. The first-order valence-electron chi connectivity index (χ1n) is 8.33. The highest BCUT2D eigenvalue weighted by atomic mass is 35.5. The normalized spacial score (nSPS) is 13.6. The van der Waals surface area contributed by atoms with Crippen LogP contribution in [0.1, 0.15) is 16.7 Å². The Morgan fingerprint density at radius 3 is 2.53 bits per heavy atom. The largest absolute Gasteiger partial charge is 0.508 e. The van der Waals surface area contributed by atoms with Gasteiger partial charge in [-0.25, -0.2) is 9.50 Å². The van der Waals surface area contributed by atoms with Crippen molar-refractivity contribution in [1.82, 2.24) is 14.6 Å². The first-order chi connectivity index (χ1) is 13.6. The van der Waals surface area contributed by atoms with Crippen LogP contribution < -0.4 is 16.5 Å². The maximum atomic E-state index is 12.9. The molecule has 0 radical (unpaired) electrons. The number of benzene rings is 1. The third kappa shape index (κ3) is 4.52. The summed E-state index contributed by atoms with van der Waals surface area (Å²) in [6.45, 7) is 0. The van der Waals surface area contributed by atoms with Gasteiger partial charge in [-0.15, -0.1) is 12.4 Å². The predicted octanol–water partition coefficient (Wildman–Crippen LogP) is 1.11. The monoisotopic (exact) mass is 444 g/mol. The van der Waals surface area contributed by atoms with Crippen LogP contribution >= 0.6 is 12.4 Å². The standard InChI is InChI=1S/C18H15F3N4O4.ClH/c19-18(20,21)11-3-1-2-9(6-11)4-5-10-7-12(26)14(15(27)13(22)17(28)29)25-16(10)23-8-24-25;/h1-3,6-8,13,27H,4-5,22H2,(H,28,29);1H. The van der Waals surface area contributed by atoms with Crippen molar-refractivity contribution in [1.29, 1.82) is 0 Å². The average molecular weight is 445 g/mol. The van der Waals surface area contributed by atoms with Crippen LogP contribution in [0.25, 0.3) is 11.4 Å². The molecule has 0 aliphatic rings. The van der Waals surface area contributed by atoms with E-state index in [0.717, 1.165) is 29.0 Å². The molecular weight excluding hydrogens is 429 g/mol. The van der Waals surface area contributed by atoms with Gasteiger partial charge in [-0.05, 0) is 30.5 Å². The number of alkyl halides is 3. The Balaban J connectivity index is 0.00000320. The van der Waals surface area contributed by atoms with Crippen molar-refractivity contribution in [3.8, 4) is 0 Å². The molecule has 160 valence electrons. The second kappa shape index (κ2) is 8.67. The fraction of sp³-hybridized carbons (Fsp3) is 0.222. The van der Waals surface area contributed by atoms with Crippen LogP contribution in [0.15, 0.2) is 41.5 Å². The van der Waals surface area contributed by atoms with Crippen molar-refractivity contribution in [2.45, 2.75) is 25.1 Å². The van der Waals surface area contributed by atoms with E-state index in [0.29, 0.717) is 11.1 Å². The van der Waals surface area contributed by atoms with E-state index in [4.69, 9.17) is 10.8 Å². The summed E-state index contributed by atoms with van der Waals surface area (Å²) in [5.41, 5.74) is 4.81. The Hall–Kier alpha value is -3.18. The molecule has 0 spiro atoms. The van der Waals surface area contributed by atoms with E-state index in [1.807, 2.05) is 0 Å². The van der Waals surface area contributed by atoms with Gasteiger partial charge in [0, 0.05) is 5.56 Å². The molecular formula is C18H16ClF3N4O4. The number of carboxylic acids is 1. The third-order valence-corrected chi connectivity index (χ3v) is 4.33. The maximum Gasteiger partial charge on any atom is 0.416 e. The number of pyridine rings is 1. The summed E-state index contributed by atoms with van der Waals surface area (Å²) in [4.78, 5) is 27.4. The fourth-order valence-corrected chi connectivity index (χ4v) is 2.88. The molecule has 30 heavy (non-hydrogen) atoms. The lowest BCUT2D eigenvalue weighted by molar-refractivity contribution is -0.138. The van der Waals surface area contributed by atoms with Crippen LogP contribution in [0.2, 0.25) is 0 Å². The van der Waals surface area contributed by atoms with Crippen molar-refractivity contribution >= 4 is 29.8 Å². The van der Waals surface area contributed by atoms with E-state index in [2.05, 4.69) is 10.1 Å². The van der Waals surface area contributed by atoms with Crippen LogP contribution in [-0.2, 0) is 23.8 Å². The van der Waals surface area contributed by atoms with Gasteiger partial charge in [0.2, 0.25) is 5.43 Å². The molecule has 0 saturated carbocycles. The number of aliphatic hydroxyl groups excluding tert-OH is 1. The molecule has 3 aromatic rings. The number of fused-ring (bicyclic) bond motifs is 1. The minimum absolute atomic E-state index is 0. The molecule has 3 rings (SSSR count). The molecule has 12 heteroatoms. The van der Waals surface area contributed by atoms with Gasteiger partial charge in [-0.3, -0.25) is 9.59 Å². The second-order valence-electron chi connectivity index (χ2n) is 6.28. The predicted molar refractivity (Wildman–Crippen MR) is 102 cm³/mol. The first kappa shape index (κ1) is 23.1. The van der Waals surface area contributed by atoms with Crippen molar-refractivity contribution in [2.75, 3.05) is 0 Å². The Labute approximate surface area is 172 Å². The Kier molecular flexibility index (Phi) is 6.68. The highest BCUT2D eigenvalue weighted by molar-refractivity contribution is 5.85. The number of aryl methyl sites for hydroxylation is 2. The van der Waals surface area contributed by atoms with Crippen molar-refractivity contribution in [3.05, 3.63) is 68.9 Å². The number of hydrogen-bond donors (Lipinski definition) is 3. The molecule has 8 nitrogen and oxygen atoms in total. The number of rotatable bonds is 5. The van der Waals surface area contributed by atoms with E-state index in [9.17, 15) is 27.9 Å². The van der Waals surface area contributed by atoms with Gasteiger partial charge >= 0.3 is 12.1 Å². The Morgan fingerprint density at radius 2 is 1.90 bits per heavy atom. The molecule has 0 bridgehead atoms. The smallest absolute Gasteiger partial charge is 0.416 e. The number of carboxylic acid groups (broad SMARTS) is 1. The van der Waals surface area contributed by atoms with Gasteiger partial charge in [-0.2, -0.15) is 18.3 Å². The van der Waals surface area contributed by atoms with Crippen LogP contribution in [0.4, 0.5) is 13.2 Å². The molecule has 1 aromatic carbocycles. The number of aromatic nitrogens is 3. The number of aliphatic hydroxyl groups is 1. The quantitative estimate of drug-likeness (QED) is 0.537.